The third-order valence-electron chi connectivity index (χ3n) is 4.18. The summed E-state index contributed by atoms with van der Waals surface area (Å²) in [5.74, 6) is -1.64. The zero-order chi connectivity index (χ0) is 22.5. The molecule has 0 atom stereocenters. The van der Waals surface area contributed by atoms with Crippen LogP contribution in [0.3, 0.4) is 0 Å². The van der Waals surface area contributed by atoms with E-state index in [-0.39, 0.29) is 34.7 Å². The second kappa shape index (κ2) is 8.78. The van der Waals surface area contributed by atoms with Gasteiger partial charge < -0.3 is 26.3 Å². The van der Waals surface area contributed by atoms with E-state index >= 15 is 0 Å². The van der Waals surface area contributed by atoms with Crippen LogP contribution in [0.4, 0.5) is 10.5 Å². The minimum absolute atomic E-state index is 0.0688. The molecule has 0 aliphatic heterocycles. The average molecular weight is 423 g/mol. The fraction of sp³-hybridized carbons (Fsp3) is 0.0500. The smallest absolute Gasteiger partial charge is 0.336 e. The van der Waals surface area contributed by atoms with Crippen LogP contribution in [0.5, 0.6) is 5.75 Å². The maximum Gasteiger partial charge on any atom is 0.336 e. The lowest BCUT2D eigenvalue weighted by Gasteiger charge is -2.11. The molecule has 0 radical (unpaired) electrons. The van der Waals surface area contributed by atoms with Gasteiger partial charge in [0, 0.05) is 23.9 Å². The van der Waals surface area contributed by atoms with Gasteiger partial charge in [-0.15, -0.1) is 0 Å². The van der Waals surface area contributed by atoms with E-state index in [9.17, 15) is 24.3 Å². The van der Waals surface area contributed by atoms with Crippen molar-refractivity contribution < 1.29 is 23.9 Å². The van der Waals surface area contributed by atoms with Gasteiger partial charge in [0.2, 0.25) is 0 Å². The van der Waals surface area contributed by atoms with Gasteiger partial charge in [-0.25, -0.2) is 15.0 Å². The fourth-order valence-electron chi connectivity index (χ4n) is 2.84. The summed E-state index contributed by atoms with van der Waals surface area (Å²) < 4.78 is 5.06. The molecule has 0 bridgehead atoms. The number of hydrazone groups is 1. The van der Waals surface area contributed by atoms with Crippen molar-refractivity contribution in [1.29, 1.82) is 0 Å². The summed E-state index contributed by atoms with van der Waals surface area (Å²) in [6, 6.07) is 10.3. The molecule has 0 aliphatic rings. The summed E-state index contributed by atoms with van der Waals surface area (Å²) in [6.07, 6.45) is -0.211. The molecule has 1 heterocycles. The zero-order valence-electron chi connectivity index (χ0n) is 15.9. The first-order valence-corrected chi connectivity index (χ1v) is 8.82. The standard InChI is InChI=1S/C20H17N5O6/c21-18(28)13-3-1-2-4-14(13)23-19(29)15(24-25-20(22)30)7-10-8-17(27)31-16-9-11(26)5-6-12(10)16/h1-6,8-9,26H,7H2,(H2,21,28)(H,23,29)(H3,22,25,30)/b24-15+. The van der Waals surface area contributed by atoms with Crippen molar-refractivity contribution in [2.75, 3.05) is 5.32 Å². The van der Waals surface area contributed by atoms with E-state index < -0.39 is 23.5 Å². The monoisotopic (exact) mass is 423 g/mol. The highest BCUT2D eigenvalue weighted by molar-refractivity contribution is 6.44. The minimum Gasteiger partial charge on any atom is -0.508 e. The number of aromatic hydroxyl groups is 1. The Hall–Kier alpha value is -4.67. The van der Waals surface area contributed by atoms with Gasteiger partial charge in [0.15, 0.2) is 0 Å². The number of fused-ring (bicyclic) bond motifs is 1. The first-order chi connectivity index (χ1) is 14.7. The molecule has 0 spiro atoms. The number of nitrogens with zero attached hydrogens (tertiary/aromatic N) is 1. The van der Waals surface area contributed by atoms with Crippen LogP contribution < -0.4 is 27.8 Å². The summed E-state index contributed by atoms with van der Waals surface area (Å²) in [6.45, 7) is 0. The maximum absolute atomic E-state index is 12.9. The third-order valence-corrected chi connectivity index (χ3v) is 4.18. The van der Waals surface area contributed by atoms with E-state index in [2.05, 4.69) is 10.4 Å². The van der Waals surface area contributed by atoms with Crippen molar-refractivity contribution in [3.63, 3.8) is 0 Å². The van der Waals surface area contributed by atoms with Crippen LogP contribution in [-0.4, -0.2) is 28.7 Å². The Balaban J connectivity index is 2.00. The number of phenolic OH excluding ortho intramolecular Hbond substituents is 1. The van der Waals surface area contributed by atoms with Gasteiger partial charge >= 0.3 is 11.7 Å². The second-order valence-corrected chi connectivity index (χ2v) is 6.35. The van der Waals surface area contributed by atoms with Crippen molar-refractivity contribution in [2.24, 2.45) is 16.6 Å². The van der Waals surface area contributed by atoms with Gasteiger partial charge in [-0.3, -0.25) is 9.59 Å². The number of rotatable bonds is 6. The normalized spacial score (nSPS) is 11.2. The quantitative estimate of drug-likeness (QED) is 0.221. The van der Waals surface area contributed by atoms with Crippen LogP contribution in [0.1, 0.15) is 15.9 Å². The van der Waals surface area contributed by atoms with Gasteiger partial charge in [0.25, 0.3) is 11.8 Å². The van der Waals surface area contributed by atoms with Crippen molar-refractivity contribution in [3.8, 4) is 5.75 Å². The topological polar surface area (TPSA) is 190 Å². The first-order valence-electron chi connectivity index (χ1n) is 8.82. The first kappa shape index (κ1) is 21.0. The van der Waals surface area contributed by atoms with Crippen molar-refractivity contribution in [2.45, 2.75) is 6.42 Å². The molecule has 4 amide bonds. The number of primary amides is 2. The summed E-state index contributed by atoms with van der Waals surface area (Å²) in [5, 5.41) is 16.3. The summed E-state index contributed by atoms with van der Waals surface area (Å²) in [4.78, 5) is 47.5. The Morgan fingerprint density at radius 3 is 2.52 bits per heavy atom. The predicted molar refractivity (Wildman–Crippen MR) is 112 cm³/mol. The summed E-state index contributed by atoms with van der Waals surface area (Å²) in [7, 11) is 0. The molecule has 11 nitrogen and oxygen atoms in total. The molecule has 0 fully saturated rings. The Bertz CT molecular complexity index is 1280. The SMILES string of the molecule is NC(=O)N/N=C(\Cc1cc(=O)oc2cc(O)ccc12)C(=O)Nc1ccccc1C(N)=O. The molecule has 0 unspecified atom stereocenters. The Morgan fingerprint density at radius 2 is 1.81 bits per heavy atom. The number of nitrogens with two attached hydrogens (primary N) is 2. The maximum atomic E-state index is 12.9. The van der Waals surface area contributed by atoms with Crippen molar-refractivity contribution in [3.05, 3.63) is 70.1 Å². The van der Waals surface area contributed by atoms with Gasteiger partial charge in [-0.05, 0) is 29.8 Å². The number of nitrogens with one attached hydrogen (secondary N) is 2. The molecule has 7 N–H and O–H groups in total. The molecule has 1 aromatic heterocycles. The minimum atomic E-state index is -1.01. The van der Waals surface area contributed by atoms with E-state index in [1.807, 2.05) is 5.43 Å². The molecule has 11 heteroatoms. The number of amides is 4. The van der Waals surface area contributed by atoms with Gasteiger partial charge in [0.1, 0.15) is 17.0 Å². The summed E-state index contributed by atoms with van der Waals surface area (Å²) >= 11 is 0. The fourth-order valence-corrected chi connectivity index (χ4v) is 2.84. The predicted octanol–water partition coefficient (Wildman–Crippen LogP) is 0.803. The van der Waals surface area contributed by atoms with Crippen LogP contribution in [0.2, 0.25) is 0 Å². The lowest BCUT2D eigenvalue weighted by Crippen LogP contribution is -2.32. The van der Waals surface area contributed by atoms with E-state index in [4.69, 9.17) is 15.9 Å². The van der Waals surface area contributed by atoms with Gasteiger partial charge in [0.05, 0.1) is 11.3 Å². The second-order valence-electron chi connectivity index (χ2n) is 6.35. The Morgan fingerprint density at radius 1 is 1.06 bits per heavy atom. The number of carbonyl (C=O) groups excluding carboxylic acids is 3. The van der Waals surface area contributed by atoms with Crippen LogP contribution in [0, 0.1) is 0 Å². The number of hydrogen-bond donors (Lipinski definition) is 5. The van der Waals surface area contributed by atoms with E-state index in [1.165, 1.54) is 30.3 Å². The molecule has 0 saturated heterocycles. The largest absolute Gasteiger partial charge is 0.508 e. The van der Waals surface area contributed by atoms with Crippen LogP contribution >= 0.6 is 0 Å². The molecule has 158 valence electrons. The lowest BCUT2D eigenvalue weighted by atomic mass is 10.0. The van der Waals surface area contributed by atoms with Crippen molar-refractivity contribution >= 4 is 40.2 Å². The summed E-state index contributed by atoms with van der Waals surface area (Å²) in [5.41, 5.74) is 12.0. The molecule has 3 rings (SSSR count). The molecule has 3 aromatic rings. The highest BCUT2D eigenvalue weighted by Crippen LogP contribution is 2.22. The highest BCUT2D eigenvalue weighted by atomic mass is 16.4. The Kier molecular flexibility index (Phi) is 5.96. The zero-order valence-corrected chi connectivity index (χ0v) is 15.9. The molecular weight excluding hydrogens is 406 g/mol. The van der Waals surface area contributed by atoms with Crippen LogP contribution in [-0.2, 0) is 11.2 Å². The number of hydrogen-bond acceptors (Lipinski definition) is 7. The molecule has 0 aliphatic carbocycles. The number of anilines is 1. The van der Waals surface area contributed by atoms with E-state index in [0.717, 1.165) is 6.07 Å². The number of urea groups is 1. The number of carbonyl (C=O) groups is 3. The van der Waals surface area contributed by atoms with E-state index in [1.54, 1.807) is 12.1 Å². The van der Waals surface area contributed by atoms with Gasteiger partial charge in [-0.2, -0.15) is 5.10 Å². The Labute approximate surface area is 174 Å². The lowest BCUT2D eigenvalue weighted by molar-refractivity contribution is -0.110. The van der Waals surface area contributed by atoms with Crippen LogP contribution in [0.25, 0.3) is 11.0 Å². The number of para-hydroxylation sites is 1. The molecular formula is C20H17N5O6. The third kappa shape index (κ3) is 5.03. The average Bonchev–Trinajstić information content (AvgIpc) is 2.70. The number of phenols is 1. The van der Waals surface area contributed by atoms with E-state index in [0.29, 0.717) is 10.9 Å². The number of benzene rings is 2. The van der Waals surface area contributed by atoms with Crippen LogP contribution in [0.15, 0.2) is 62.8 Å². The van der Waals surface area contributed by atoms with Crippen molar-refractivity contribution in [1.82, 2.24) is 5.43 Å². The highest BCUT2D eigenvalue weighted by Gasteiger charge is 2.18. The van der Waals surface area contributed by atoms with Gasteiger partial charge in [-0.1, -0.05) is 12.1 Å². The molecule has 2 aromatic carbocycles. The molecule has 31 heavy (non-hydrogen) atoms. The molecule has 0 saturated carbocycles.